The summed E-state index contributed by atoms with van der Waals surface area (Å²) >= 11 is 12.3. The Morgan fingerprint density at radius 3 is 2.27 bits per heavy atom. The summed E-state index contributed by atoms with van der Waals surface area (Å²) in [7, 11) is 0. The van der Waals surface area contributed by atoms with Crippen LogP contribution in [-0.4, -0.2) is 18.5 Å². The molecule has 0 aromatic heterocycles. The van der Waals surface area contributed by atoms with Gasteiger partial charge in [0.2, 0.25) is 0 Å². The molecule has 1 saturated carbocycles. The van der Waals surface area contributed by atoms with E-state index in [0.717, 1.165) is 6.54 Å². The van der Waals surface area contributed by atoms with E-state index < -0.39 is 0 Å². The van der Waals surface area contributed by atoms with E-state index >= 15 is 0 Å². The number of benzene rings is 2. The fraction of sp³-hybridized carbons (Fsp3) is 0.381. The molecule has 1 atom stereocenters. The minimum atomic E-state index is -0.0549. The summed E-state index contributed by atoms with van der Waals surface area (Å²) in [6.45, 7) is 5.66. The largest absolute Gasteiger partial charge is 0.321 e. The van der Waals surface area contributed by atoms with Crippen molar-refractivity contribution in [2.45, 2.75) is 45.2 Å². The number of carbonyl (C=O) groups is 1. The highest BCUT2D eigenvalue weighted by molar-refractivity contribution is 6.39. The van der Waals surface area contributed by atoms with Gasteiger partial charge in [-0.25, -0.2) is 0 Å². The Bertz CT molecular complexity index is 750. The summed E-state index contributed by atoms with van der Waals surface area (Å²) in [5.74, 6) is 0.475. The number of amides is 1. The molecule has 1 aliphatic rings. The van der Waals surface area contributed by atoms with Crippen molar-refractivity contribution in [1.29, 1.82) is 0 Å². The fourth-order valence-corrected chi connectivity index (χ4v) is 3.62. The molecular formula is C21H25Cl2N2O+. The molecule has 2 aromatic carbocycles. The second-order valence-corrected chi connectivity index (χ2v) is 8.14. The van der Waals surface area contributed by atoms with Gasteiger partial charge in [-0.3, -0.25) is 4.79 Å². The van der Waals surface area contributed by atoms with E-state index in [2.05, 4.69) is 43.4 Å². The molecule has 0 heterocycles. The number of para-hydroxylation sites is 1. The predicted octanol–water partition coefficient (Wildman–Crippen LogP) is 4.30. The monoisotopic (exact) mass is 391 g/mol. The smallest absolute Gasteiger partial charge is 0.279 e. The Labute approximate surface area is 165 Å². The molecule has 26 heavy (non-hydrogen) atoms. The number of hydrogen-bond donors (Lipinski definition) is 2. The highest BCUT2D eigenvalue weighted by Gasteiger charge is 2.34. The van der Waals surface area contributed by atoms with Gasteiger partial charge in [0.05, 0.1) is 21.8 Å². The Kier molecular flexibility index (Phi) is 6.23. The minimum Gasteiger partial charge on any atom is -0.321 e. The molecule has 0 bridgehead atoms. The molecule has 138 valence electrons. The lowest BCUT2D eigenvalue weighted by molar-refractivity contribution is -0.916. The lowest BCUT2D eigenvalue weighted by Crippen LogP contribution is -3.13. The second kappa shape index (κ2) is 8.43. The first-order chi connectivity index (χ1) is 12.4. The Morgan fingerprint density at radius 1 is 1.12 bits per heavy atom. The number of carbonyl (C=O) groups excluding carboxylic acids is 1. The molecule has 0 aliphatic heterocycles. The number of hydrogen-bond acceptors (Lipinski definition) is 1. The van der Waals surface area contributed by atoms with Gasteiger partial charge in [-0.1, -0.05) is 67.4 Å². The molecule has 1 unspecified atom stereocenters. The quantitative estimate of drug-likeness (QED) is 0.724. The van der Waals surface area contributed by atoms with Crippen LogP contribution in [0.25, 0.3) is 0 Å². The van der Waals surface area contributed by atoms with Gasteiger partial charge in [-0.05, 0) is 23.6 Å². The summed E-state index contributed by atoms with van der Waals surface area (Å²) in [4.78, 5) is 13.8. The van der Waals surface area contributed by atoms with Crippen LogP contribution < -0.4 is 10.2 Å². The second-order valence-electron chi connectivity index (χ2n) is 7.33. The van der Waals surface area contributed by atoms with Crippen LogP contribution in [0.4, 0.5) is 5.69 Å². The van der Waals surface area contributed by atoms with Crippen LogP contribution in [0, 0.1) is 0 Å². The molecule has 1 aliphatic carbocycles. The van der Waals surface area contributed by atoms with Crippen LogP contribution in [0.1, 0.15) is 43.7 Å². The van der Waals surface area contributed by atoms with Crippen LogP contribution in [0.3, 0.4) is 0 Å². The minimum absolute atomic E-state index is 0.0549. The van der Waals surface area contributed by atoms with Crippen molar-refractivity contribution in [1.82, 2.24) is 0 Å². The van der Waals surface area contributed by atoms with Crippen LogP contribution in [0.15, 0.2) is 42.5 Å². The highest BCUT2D eigenvalue weighted by Crippen LogP contribution is 2.29. The standard InChI is InChI=1S/C21H24Cl2N2O/c1-14(2)16-8-6-15(7-9-16)12-25(17-10-11-17)13-20(26)24-21-18(22)4-3-5-19(21)23/h3-9,14,17H,10-13H2,1-2H3,(H,24,26)/p+1. The summed E-state index contributed by atoms with van der Waals surface area (Å²) in [6, 6.07) is 14.5. The van der Waals surface area contributed by atoms with Crippen LogP contribution in [-0.2, 0) is 11.3 Å². The van der Waals surface area contributed by atoms with Gasteiger partial charge < -0.3 is 10.2 Å². The van der Waals surface area contributed by atoms with Crippen molar-refractivity contribution >= 4 is 34.8 Å². The summed E-state index contributed by atoms with van der Waals surface area (Å²) < 4.78 is 0. The molecule has 3 nitrogen and oxygen atoms in total. The average molecular weight is 392 g/mol. The Hall–Kier alpha value is -1.55. The summed E-state index contributed by atoms with van der Waals surface area (Å²) in [5.41, 5.74) is 3.10. The Balaban J connectivity index is 1.64. The zero-order valence-corrected chi connectivity index (χ0v) is 16.7. The van der Waals surface area contributed by atoms with E-state index in [1.807, 2.05) is 0 Å². The SMILES string of the molecule is CC(C)c1ccc(C[NH+](CC(=O)Nc2c(Cl)cccc2Cl)C2CC2)cc1. The molecule has 2 aromatic rings. The van der Waals surface area contributed by atoms with Gasteiger partial charge in [-0.15, -0.1) is 0 Å². The van der Waals surface area contributed by atoms with Gasteiger partial charge in [0, 0.05) is 18.4 Å². The summed E-state index contributed by atoms with van der Waals surface area (Å²) in [5, 5.41) is 3.80. The van der Waals surface area contributed by atoms with Gasteiger partial charge in [-0.2, -0.15) is 0 Å². The van der Waals surface area contributed by atoms with Gasteiger partial charge >= 0.3 is 0 Å². The Morgan fingerprint density at radius 2 is 1.73 bits per heavy atom. The number of nitrogens with one attached hydrogen (secondary N) is 2. The maximum Gasteiger partial charge on any atom is 0.279 e. The molecule has 1 fully saturated rings. The first kappa shape index (κ1) is 19.2. The van der Waals surface area contributed by atoms with Crippen molar-refractivity contribution in [3.05, 3.63) is 63.6 Å². The van der Waals surface area contributed by atoms with E-state index in [0.29, 0.717) is 34.2 Å². The molecule has 0 radical (unpaired) electrons. The number of halogens is 2. The molecule has 2 N–H and O–H groups in total. The fourth-order valence-electron chi connectivity index (χ4n) is 3.13. The summed E-state index contributed by atoms with van der Waals surface area (Å²) in [6.07, 6.45) is 2.36. The number of rotatable bonds is 7. The zero-order chi connectivity index (χ0) is 18.7. The van der Waals surface area contributed by atoms with Crippen molar-refractivity contribution in [2.75, 3.05) is 11.9 Å². The van der Waals surface area contributed by atoms with Crippen molar-refractivity contribution < 1.29 is 9.69 Å². The molecule has 0 saturated heterocycles. The van der Waals surface area contributed by atoms with Crippen molar-refractivity contribution in [2.24, 2.45) is 0 Å². The van der Waals surface area contributed by atoms with E-state index in [1.54, 1.807) is 18.2 Å². The molecule has 3 rings (SSSR count). The molecule has 1 amide bonds. The van der Waals surface area contributed by atoms with E-state index in [-0.39, 0.29) is 5.91 Å². The third-order valence-electron chi connectivity index (χ3n) is 4.85. The first-order valence-corrected chi connectivity index (χ1v) is 9.87. The van der Waals surface area contributed by atoms with Gasteiger partial charge in [0.1, 0.15) is 6.54 Å². The molecular weight excluding hydrogens is 367 g/mol. The average Bonchev–Trinajstić information content (AvgIpc) is 3.43. The first-order valence-electron chi connectivity index (χ1n) is 9.11. The maximum atomic E-state index is 12.5. The highest BCUT2D eigenvalue weighted by atomic mass is 35.5. The van der Waals surface area contributed by atoms with Crippen LogP contribution >= 0.6 is 23.2 Å². The normalized spacial score (nSPS) is 15.1. The zero-order valence-electron chi connectivity index (χ0n) is 15.2. The van der Waals surface area contributed by atoms with Gasteiger partial charge in [0.15, 0.2) is 6.54 Å². The van der Waals surface area contributed by atoms with E-state index in [4.69, 9.17) is 23.2 Å². The third kappa shape index (κ3) is 5.00. The van der Waals surface area contributed by atoms with E-state index in [9.17, 15) is 4.79 Å². The molecule has 0 spiro atoms. The van der Waals surface area contributed by atoms with Crippen LogP contribution in [0.2, 0.25) is 10.0 Å². The van der Waals surface area contributed by atoms with E-state index in [1.165, 1.54) is 28.9 Å². The number of quaternary nitrogens is 1. The molecule has 5 heteroatoms. The maximum absolute atomic E-state index is 12.5. The third-order valence-corrected chi connectivity index (χ3v) is 5.48. The van der Waals surface area contributed by atoms with Crippen LogP contribution in [0.5, 0.6) is 0 Å². The topological polar surface area (TPSA) is 33.5 Å². The van der Waals surface area contributed by atoms with Crippen molar-refractivity contribution in [3.8, 4) is 0 Å². The lowest BCUT2D eigenvalue weighted by atomic mass is 10.0. The van der Waals surface area contributed by atoms with Crippen molar-refractivity contribution in [3.63, 3.8) is 0 Å². The van der Waals surface area contributed by atoms with Gasteiger partial charge in [0.25, 0.3) is 5.91 Å². The number of anilines is 1. The predicted molar refractivity (Wildman–Crippen MR) is 108 cm³/mol. The lowest BCUT2D eigenvalue weighted by Gasteiger charge is -2.19.